The van der Waals surface area contributed by atoms with Gasteiger partial charge in [0.25, 0.3) is 0 Å². The lowest BCUT2D eigenvalue weighted by Crippen LogP contribution is -2.17. The van der Waals surface area contributed by atoms with E-state index in [1.807, 2.05) is 6.92 Å². The first-order valence-electron chi connectivity index (χ1n) is 16.3. The number of rotatable bonds is 8. The zero-order chi connectivity index (χ0) is 40.9. The molecule has 8 nitrogen and oxygen atoms in total. The standard InChI is InChI=1S/C20H15BrF3NO3.C20H15ClF3NO3/c2*1-11-17(19(26)18(21)12(2)25-11)13-6-8-14(9-7-13)27-15-4-3-5-16(10-15)28-20(22,23)24/h2*3-10H,1-2H3,(H,25,26). The van der Waals surface area contributed by atoms with Crippen LogP contribution in [-0.4, -0.2) is 22.7 Å². The smallest absolute Gasteiger partial charge is 0.457 e. The Kier molecular flexibility index (Phi) is 12.6. The van der Waals surface area contributed by atoms with E-state index >= 15 is 0 Å². The molecule has 2 N–H and O–H groups in total. The van der Waals surface area contributed by atoms with E-state index in [4.69, 9.17) is 21.1 Å². The Morgan fingerprint density at radius 1 is 0.518 bits per heavy atom. The van der Waals surface area contributed by atoms with Crippen LogP contribution < -0.4 is 29.8 Å². The van der Waals surface area contributed by atoms with Crippen LogP contribution in [0, 0.1) is 27.7 Å². The lowest BCUT2D eigenvalue weighted by atomic mass is 10.0. The van der Waals surface area contributed by atoms with E-state index in [1.165, 1.54) is 36.4 Å². The minimum absolute atomic E-state index is 0.126. The number of hydrogen-bond donors (Lipinski definition) is 2. The number of H-pyrrole nitrogens is 2. The Morgan fingerprint density at radius 3 is 1.30 bits per heavy atom. The average molecular weight is 864 g/mol. The van der Waals surface area contributed by atoms with Gasteiger partial charge in [-0.25, -0.2) is 0 Å². The predicted octanol–water partition coefficient (Wildman–Crippen LogP) is 12.1. The molecule has 6 rings (SSSR count). The molecular weight excluding hydrogens is 834 g/mol. The highest BCUT2D eigenvalue weighted by molar-refractivity contribution is 9.10. The quantitative estimate of drug-likeness (QED) is 0.148. The van der Waals surface area contributed by atoms with E-state index in [2.05, 4.69) is 35.4 Å². The Bertz CT molecular complexity index is 2290. The molecule has 0 bridgehead atoms. The number of aryl methyl sites for hydroxylation is 4. The maximum absolute atomic E-state index is 12.5. The van der Waals surface area contributed by atoms with Gasteiger partial charge in [-0.3, -0.25) is 9.59 Å². The fourth-order valence-electron chi connectivity index (χ4n) is 5.51. The molecule has 0 amide bonds. The molecule has 0 saturated carbocycles. The van der Waals surface area contributed by atoms with Crippen LogP contribution in [-0.2, 0) is 0 Å². The molecule has 0 spiro atoms. The summed E-state index contributed by atoms with van der Waals surface area (Å²) in [7, 11) is 0. The number of halogens is 8. The van der Waals surface area contributed by atoms with Gasteiger partial charge in [-0.1, -0.05) is 48.0 Å². The second kappa shape index (κ2) is 17.0. The largest absolute Gasteiger partial charge is 0.573 e. The molecular formula is C40H30BrClF6N2O6. The van der Waals surface area contributed by atoms with Gasteiger partial charge >= 0.3 is 12.7 Å². The summed E-state index contributed by atoms with van der Waals surface area (Å²) in [5.74, 6) is 0.434. The molecule has 0 radical (unpaired) electrons. The van der Waals surface area contributed by atoms with Crippen molar-refractivity contribution in [2.24, 2.45) is 0 Å². The highest BCUT2D eigenvalue weighted by Gasteiger charge is 2.32. The zero-order valence-corrected chi connectivity index (χ0v) is 32.1. The van der Waals surface area contributed by atoms with Gasteiger partial charge in [0.2, 0.25) is 10.9 Å². The third kappa shape index (κ3) is 10.8. The van der Waals surface area contributed by atoms with Crippen molar-refractivity contribution in [3.8, 4) is 56.8 Å². The summed E-state index contributed by atoms with van der Waals surface area (Å²) in [5, 5.41) is 0.127. The van der Waals surface area contributed by atoms with E-state index in [1.54, 1.807) is 69.3 Å². The minimum Gasteiger partial charge on any atom is -0.457 e. The maximum atomic E-state index is 12.5. The van der Waals surface area contributed by atoms with Crippen molar-refractivity contribution in [2.45, 2.75) is 40.4 Å². The Morgan fingerprint density at radius 2 is 0.893 bits per heavy atom. The average Bonchev–Trinajstić information content (AvgIpc) is 3.10. The van der Waals surface area contributed by atoms with Crippen molar-refractivity contribution in [1.82, 2.24) is 9.97 Å². The third-order valence-electron chi connectivity index (χ3n) is 7.85. The molecule has 0 unspecified atom stereocenters. The lowest BCUT2D eigenvalue weighted by molar-refractivity contribution is -0.275. The topological polar surface area (TPSA) is 103 Å². The van der Waals surface area contributed by atoms with Gasteiger partial charge in [-0.05, 0) is 103 Å². The molecule has 56 heavy (non-hydrogen) atoms. The number of benzene rings is 4. The first kappa shape index (κ1) is 41.5. The van der Waals surface area contributed by atoms with Crippen LogP contribution in [0.5, 0.6) is 34.5 Å². The number of alkyl halides is 6. The molecule has 4 aromatic carbocycles. The molecule has 0 atom stereocenters. The van der Waals surface area contributed by atoms with Crippen molar-refractivity contribution in [3.05, 3.63) is 150 Å². The zero-order valence-electron chi connectivity index (χ0n) is 29.7. The molecule has 2 aromatic heterocycles. The monoisotopic (exact) mass is 862 g/mol. The van der Waals surface area contributed by atoms with Crippen LogP contribution in [0.25, 0.3) is 22.3 Å². The molecule has 0 aliphatic rings. The van der Waals surface area contributed by atoms with Gasteiger partial charge in [0.05, 0.1) is 4.47 Å². The summed E-state index contributed by atoms with van der Waals surface area (Å²) in [6.45, 7) is 7.10. The van der Waals surface area contributed by atoms with Crippen LogP contribution in [0.1, 0.15) is 22.8 Å². The number of aromatic nitrogens is 2. The van der Waals surface area contributed by atoms with E-state index in [0.29, 0.717) is 49.6 Å². The third-order valence-corrected chi connectivity index (χ3v) is 9.26. The van der Waals surface area contributed by atoms with Crippen LogP contribution in [0.2, 0.25) is 5.02 Å². The Labute approximate surface area is 328 Å². The van der Waals surface area contributed by atoms with Gasteiger partial charge in [-0.15, -0.1) is 26.3 Å². The van der Waals surface area contributed by atoms with Gasteiger partial charge in [-0.2, -0.15) is 0 Å². The molecule has 0 aliphatic carbocycles. The summed E-state index contributed by atoms with van der Waals surface area (Å²) >= 11 is 9.33. The molecule has 0 aliphatic heterocycles. The van der Waals surface area contributed by atoms with Crippen molar-refractivity contribution >= 4 is 27.5 Å². The van der Waals surface area contributed by atoms with Crippen LogP contribution in [0.15, 0.2) is 111 Å². The van der Waals surface area contributed by atoms with Crippen molar-refractivity contribution in [2.75, 3.05) is 0 Å². The summed E-state index contributed by atoms with van der Waals surface area (Å²) in [5.41, 5.74) is 4.66. The van der Waals surface area contributed by atoms with Crippen LogP contribution >= 0.6 is 27.5 Å². The van der Waals surface area contributed by atoms with E-state index in [-0.39, 0.29) is 38.9 Å². The van der Waals surface area contributed by atoms with E-state index in [0.717, 1.165) is 23.5 Å². The van der Waals surface area contributed by atoms with Crippen molar-refractivity contribution in [3.63, 3.8) is 0 Å². The minimum atomic E-state index is -4.78. The highest BCUT2D eigenvalue weighted by Crippen LogP contribution is 2.32. The summed E-state index contributed by atoms with van der Waals surface area (Å²) in [4.78, 5) is 31.2. The second-order valence-corrected chi connectivity index (χ2v) is 13.3. The number of aromatic amines is 2. The molecule has 0 fully saturated rings. The van der Waals surface area contributed by atoms with Crippen molar-refractivity contribution < 1.29 is 45.3 Å². The Hall–Kier alpha value is -5.67. The van der Waals surface area contributed by atoms with Gasteiger partial charge in [0, 0.05) is 46.0 Å². The number of hydrogen-bond acceptors (Lipinski definition) is 6. The first-order valence-corrected chi connectivity index (χ1v) is 17.5. The fourth-order valence-corrected chi connectivity index (χ4v) is 5.95. The SMILES string of the molecule is Cc1[nH]c(C)c(-c2ccc(Oc3cccc(OC(F)(F)F)c3)cc2)c(=O)c1Br.Cc1[nH]c(C)c(-c2ccc(Oc3cccc(OC(F)(F)F)c3)cc2)c(=O)c1Cl. The molecule has 2 heterocycles. The molecule has 6 aromatic rings. The summed E-state index contributed by atoms with van der Waals surface area (Å²) in [6.07, 6.45) is -9.55. The number of ether oxygens (including phenoxy) is 4. The van der Waals surface area contributed by atoms with Gasteiger partial charge in [0.15, 0.2) is 0 Å². The maximum Gasteiger partial charge on any atom is 0.573 e. The van der Waals surface area contributed by atoms with Crippen molar-refractivity contribution in [1.29, 1.82) is 0 Å². The highest BCUT2D eigenvalue weighted by atomic mass is 79.9. The second-order valence-electron chi connectivity index (χ2n) is 12.1. The summed E-state index contributed by atoms with van der Waals surface area (Å²) in [6, 6.07) is 23.7. The lowest BCUT2D eigenvalue weighted by Gasteiger charge is -2.12. The molecule has 16 heteroatoms. The fraction of sp³-hybridized carbons (Fsp3) is 0.150. The predicted molar refractivity (Wildman–Crippen MR) is 203 cm³/mol. The Balaban J connectivity index is 0.000000214. The number of pyridine rings is 2. The van der Waals surface area contributed by atoms with E-state index < -0.39 is 12.7 Å². The van der Waals surface area contributed by atoms with Gasteiger partial charge in [0.1, 0.15) is 39.5 Å². The molecule has 0 saturated heterocycles. The van der Waals surface area contributed by atoms with Crippen LogP contribution in [0.3, 0.4) is 0 Å². The molecule has 292 valence electrons. The van der Waals surface area contributed by atoms with E-state index in [9.17, 15) is 35.9 Å². The summed E-state index contributed by atoms with van der Waals surface area (Å²) < 4.78 is 93.3. The first-order chi connectivity index (χ1) is 26.3. The number of nitrogens with one attached hydrogen (secondary N) is 2. The van der Waals surface area contributed by atoms with Crippen LogP contribution in [0.4, 0.5) is 26.3 Å². The van der Waals surface area contributed by atoms with Gasteiger partial charge < -0.3 is 28.9 Å². The normalized spacial score (nSPS) is 11.4.